The largest absolute Gasteiger partial charge is 0.497 e. The van der Waals surface area contributed by atoms with Crippen LogP contribution in [0.25, 0.3) is 0 Å². The Hall–Kier alpha value is -1.06. The summed E-state index contributed by atoms with van der Waals surface area (Å²) in [6.07, 6.45) is 0. The Kier molecular flexibility index (Phi) is 5.63. The topological polar surface area (TPSA) is 38.7 Å². The summed E-state index contributed by atoms with van der Waals surface area (Å²) in [7, 11) is 1.65. The number of hydrogen-bond donors (Lipinski definition) is 1. The van der Waals surface area contributed by atoms with E-state index >= 15 is 0 Å². The average molecular weight is 252 g/mol. The van der Waals surface area contributed by atoms with Gasteiger partial charge in [0.1, 0.15) is 5.75 Å². The molecule has 3 nitrogen and oxygen atoms in total. The molecular formula is C15H24O3. The molecule has 1 rings (SSSR count). The Balaban J connectivity index is 2.40. The molecule has 1 N–H and O–H groups in total. The maximum atomic E-state index is 9.33. The molecule has 0 saturated heterocycles. The van der Waals surface area contributed by atoms with Crippen LogP contribution in [0.4, 0.5) is 0 Å². The average Bonchev–Trinajstić information content (AvgIpc) is 2.34. The van der Waals surface area contributed by atoms with Crippen LogP contribution in [0.2, 0.25) is 0 Å². The van der Waals surface area contributed by atoms with Gasteiger partial charge in [0, 0.05) is 12.5 Å². The SMILES string of the molecule is COc1ccc(COC[C@@H](CO)C(C)(C)C)cc1. The standard InChI is InChI=1S/C15H24O3/c1-15(2,3)13(9-16)11-18-10-12-5-7-14(17-4)8-6-12/h5-8,13,16H,9-11H2,1-4H3/t13-/m1/s1. The van der Waals surface area contributed by atoms with Crippen LogP contribution in [0.5, 0.6) is 5.75 Å². The van der Waals surface area contributed by atoms with E-state index in [2.05, 4.69) is 20.8 Å². The number of aliphatic hydroxyl groups excluding tert-OH is 1. The molecule has 102 valence electrons. The summed E-state index contributed by atoms with van der Waals surface area (Å²) in [5, 5.41) is 9.33. The fourth-order valence-corrected chi connectivity index (χ4v) is 1.62. The zero-order chi connectivity index (χ0) is 13.6. The van der Waals surface area contributed by atoms with Crippen molar-refractivity contribution < 1.29 is 14.6 Å². The molecule has 0 aliphatic heterocycles. The van der Waals surface area contributed by atoms with Crippen molar-refractivity contribution in [3.8, 4) is 5.75 Å². The van der Waals surface area contributed by atoms with Gasteiger partial charge in [-0.15, -0.1) is 0 Å². The van der Waals surface area contributed by atoms with E-state index in [9.17, 15) is 5.11 Å². The number of hydrogen-bond acceptors (Lipinski definition) is 3. The second-order valence-electron chi connectivity index (χ2n) is 5.61. The second-order valence-corrected chi connectivity index (χ2v) is 5.61. The molecule has 1 aromatic carbocycles. The summed E-state index contributed by atoms with van der Waals surface area (Å²) in [4.78, 5) is 0. The van der Waals surface area contributed by atoms with E-state index in [1.165, 1.54) is 0 Å². The lowest BCUT2D eigenvalue weighted by atomic mass is 9.82. The first kappa shape index (κ1) is 15.0. The molecule has 1 atom stereocenters. The van der Waals surface area contributed by atoms with Crippen molar-refractivity contribution in [1.82, 2.24) is 0 Å². The quantitative estimate of drug-likeness (QED) is 0.846. The Labute approximate surface area is 110 Å². The first-order chi connectivity index (χ1) is 8.47. The number of rotatable bonds is 6. The molecule has 0 saturated carbocycles. The fourth-order valence-electron chi connectivity index (χ4n) is 1.62. The number of aliphatic hydroxyl groups is 1. The van der Waals surface area contributed by atoms with E-state index < -0.39 is 0 Å². The molecule has 0 amide bonds. The van der Waals surface area contributed by atoms with Crippen molar-refractivity contribution >= 4 is 0 Å². The fraction of sp³-hybridized carbons (Fsp3) is 0.600. The van der Waals surface area contributed by atoms with Crippen LogP contribution in [0.15, 0.2) is 24.3 Å². The molecule has 0 aromatic heterocycles. The lowest BCUT2D eigenvalue weighted by Crippen LogP contribution is -2.28. The van der Waals surface area contributed by atoms with Gasteiger partial charge in [0.05, 0.1) is 20.3 Å². The molecule has 0 aliphatic carbocycles. The van der Waals surface area contributed by atoms with Gasteiger partial charge in [-0.3, -0.25) is 0 Å². The predicted molar refractivity (Wildman–Crippen MR) is 72.7 cm³/mol. The molecular weight excluding hydrogens is 228 g/mol. The third-order valence-corrected chi connectivity index (χ3v) is 3.19. The minimum absolute atomic E-state index is 0.0641. The van der Waals surface area contributed by atoms with Crippen molar-refractivity contribution in [2.75, 3.05) is 20.3 Å². The highest BCUT2D eigenvalue weighted by Gasteiger charge is 2.23. The summed E-state index contributed by atoms with van der Waals surface area (Å²) in [6, 6.07) is 7.83. The molecule has 0 spiro atoms. The van der Waals surface area contributed by atoms with Gasteiger partial charge in [0.2, 0.25) is 0 Å². The van der Waals surface area contributed by atoms with E-state index in [1.807, 2.05) is 24.3 Å². The van der Waals surface area contributed by atoms with Gasteiger partial charge >= 0.3 is 0 Å². The van der Waals surface area contributed by atoms with Crippen LogP contribution in [0.3, 0.4) is 0 Å². The molecule has 0 unspecified atom stereocenters. The van der Waals surface area contributed by atoms with Crippen LogP contribution in [-0.2, 0) is 11.3 Å². The van der Waals surface area contributed by atoms with Crippen LogP contribution in [-0.4, -0.2) is 25.4 Å². The third-order valence-electron chi connectivity index (χ3n) is 3.19. The maximum absolute atomic E-state index is 9.33. The Morgan fingerprint density at radius 2 is 1.78 bits per heavy atom. The van der Waals surface area contributed by atoms with E-state index in [4.69, 9.17) is 9.47 Å². The Morgan fingerprint density at radius 1 is 1.17 bits per heavy atom. The van der Waals surface area contributed by atoms with Crippen molar-refractivity contribution in [2.45, 2.75) is 27.4 Å². The van der Waals surface area contributed by atoms with E-state index in [-0.39, 0.29) is 17.9 Å². The third kappa shape index (κ3) is 4.67. The van der Waals surface area contributed by atoms with Crippen LogP contribution >= 0.6 is 0 Å². The van der Waals surface area contributed by atoms with Gasteiger partial charge in [-0.2, -0.15) is 0 Å². The lowest BCUT2D eigenvalue weighted by Gasteiger charge is -2.28. The van der Waals surface area contributed by atoms with Crippen molar-refractivity contribution in [1.29, 1.82) is 0 Å². The van der Waals surface area contributed by atoms with Gasteiger partial charge in [-0.05, 0) is 23.1 Å². The van der Waals surface area contributed by atoms with Gasteiger partial charge < -0.3 is 14.6 Å². The molecule has 0 heterocycles. The first-order valence-electron chi connectivity index (χ1n) is 6.29. The summed E-state index contributed by atoms with van der Waals surface area (Å²) in [6.45, 7) is 7.65. The summed E-state index contributed by atoms with van der Waals surface area (Å²) in [5.74, 6) is 1.01. The number of benzene rings is 1. The van der Waals surface area contributed by atoms with Crippen LogP contribution in [0.1, 0.15) is 26.3 Å². The van der Waals surface area contributed by atoms with Crippen LogP contribution in [0, 0.1) is 11.3 Å². The van der Waals surface area contributed by atoms with Gasteiger partial charge in [-0.25, -0.2) is 0 Å². The molecule has 18 heavy (non-hydrogen) atoms. The monoisotopic (exact) mass is 252 g/mol. The zero-order valence-electron chi connectivity index (χ0n) is 11.8. The van der Waals surface area contributed by atoms with Gasteiger partial charge in [0.25, 0.3) is 0 Å². The van der Waals surface area contributed by atoms with Gasteiger partial charge in [-0.1, -0.05) is 32.9 Å². The number of methoxy groups -OCH3 is 1. The summed E-state index contributed by atoms with van der Waals surface area (Å²) in [5.41, 5.74) is 1.18. The van der Waals surface area contributed by atoms with Crippen molar-refractivity contribution in [3.05, 3.63) is 29.8 Å². The van der Waals surface area contributed by atoms with Crippen molar-refractivity contribution in [3.63, 3.8) is 0 Å². The van der Waals surface area contributed by atoms with E-state index in [0.29, 0.717) is 13.2 Å². The highest BCUT2D eigenvalue weighted by atomic mass is 16.5. The number of ether oxygens (including phenoxy) is 2. The smallest absolute Gasteiger partial charge is 0.118 e. The minimum Gasteiger partial charge on any atom is -0.497 e. The van der Waals surface area contributed by atoms with Gasteiger partial charge in [0.15, 0.2) is 0 Å². The highest BCUT2D eigenvalue weighted by Crippen LogP contribution is 2.25. The molecule has 0 bridgehead atoms. The molecule has 0 radical (unpaired) electrons. The molecule has 3 heteroatoms. The highest BCUT2D eigenvalue weighted by molar-refractivity contribution is 5.26. The van der Waals surface area contributed by atoms with E-state index in [0.717, 1.165) is 11.3 Å². The molecule has 0 aliphatic rings. The summed E-state index contributed by atoms with van der Waals surface area (Å²) >= 11 is 0. The Morgan fingerprint density at radius 3 is 2.22 bits per heavy atom. The minimum atomic E-state index is 0.0641. The lowest BCUT2D eigenvalue weighted by molar-refractivity contribution is 0.0167. The molecule has 1 aromatic rings. The first-order valence-corrected chi connectivity index (χ1v) is 6.29. The van der Waals surface area contributed by atoms with Crippen LogP contribution < -0.4 is 4.74 Å². The summed E-state index contributed by atoms with van der Waals surface area (Å²) < 4.78 is 10.8. The normalized spacial score (nSPS) is 13.4. The molecule has 0 fully saturated rings. The Bertz CT molecular complexity index is 338. The van der Waals surface area contributed by atoms with Crippen molar-refractivity contribution in [2.24, 2.45) is 11.3 Å². The van der Waals surface area contributed by atoms with E-state index in [1.54, 1.807) is 7.11 Å². The second kappa shape index (κ2) is 6.76. The maximum Gasteiger partial charge on any atom is 0.118 e. The predicted octanol–water partition coefficient (Wildman–Crippen LogP) is 2.87. The zero-order valence-corrected chi connectivity index (χ0v) is 11.8.